The standard InChI is InChI=1S/C17H28FN3/c1-4-17(5-2,21-8-6-7-9-21)16(20-19)14-10-13(3)11-15(18)12-14/h10-12,16,20H,4-9,19H2,1-3H3. The van der Waals surface area contributed by atoms with Gasteiger partial charge in [0.25, 0.3) is 0 Å². The minimum absolute atomic E-state index is 0.0501. The number of benzene rings is 1. The fourth-order valence-corrected chi connectivity index (χ4v) is 3.94. The molecule has 4 heteroatoms. The first kappa shape index (κ1) is 16.4. The van der Waals surface area contributed by atoms with Crippen LogP contribution in [-0.2, 0) is 0 Å². The molecule has 21 heavy (non-hydrogen) atoms. The van der Waals surface area contributed by atoms with E-state index in [4.69, 9.17) is 5.84 Å². The molecule has 1 atom stereocenters. The first-order valence-corrected chi connectivity index (χ1v) is 8.05. The summed E-state index contributed by atoms with van der Waals surface area (Å²) in [5.41, 5.74) is 4.82. The van der Waals surface area contributed by atoms with Crippen LogP contribution < -0.4 is 11.3 Å². The highest BCUT2D eigenvalue weighted by Crippen LogP contribution is 2.39. The Hall–Kier alpha value is -0.970. The second-order valence-electron chi connectivity index (χ2n) is 6.17. The zero-order valence-electron chi connectivity index (χ0n) is 13.5. The van der Waals surface area contributed by atoms with Crippen LogP contribution in [0.3, 0.4) is 0 Å². The molecule has 0 saturated carbocycles. The number of hydrazine groups is 1. The molecule has 1 fully saturated rings. The predicted molar refractivity (Wildman–Crippen MR) is 85.3 cm³/mol. The average Bonchev–Trinajstić information content (AvgIpc) is 2.98. The topological polar surface area (TPSA) is 41.3 Å². The number of likely N-dealkylation sites (tertiary alicyclic amines) is 1. The third-order valence-corrected chi connectivity index (χ3v) is 5.06. The Kier molecular flexibility index (Phi) is 5.36. The molecule has 0 amide bonds. The van der Waals surface area contributed by atoms with Gasteiger partial charge in [-0.05, 0) is 69.0 Å². The van der Waals surface area contributed by atoms with Crippen molar-refractivity contribution >= 4 is 0 Å². The van der Waals surface area contributed by atoms with Crippen molar-refractivity contribution in [3.8, 4) is 0 Å². The molecule has 0 aliphatic carbocycles. The van der Waals surface area contributed by atoms with Crippen molar-refractivity contribution in [2.24, 2.45) is 5.84 Å². The van der Waals surface area contributed by atoms with Crippen LogP contribution in [0.15, 0.2) is 18.2 Å². The summed E-state index contributed by atoms with van der Waals surface area (Å²) < 4.78 is 13.8. The van der Waals surface area contributed by atoms with E-state index in [-0.39, 0.29) is 17.4 Å². The molecule has 2 rings (SSSR count). The van der Waals surface area contributed by atoms with Crippen LogP contribution in [0.4, 0.5) is 4.39 Å². The van der Waals surface area contributed by atoms with Crippen molar-refractivity contribution < 1.29 is 4.39 Å². The molecule has 1 saturated heterocycles. The molecule has 1 heterocycles. The summed E-state index contributed by atoms with van der Waals surface area (Å²) >= 11 is 0. The third-order valence-electron chi connectivity index (χ3n) is 5.06. The van der Waals surface area contributed by atoms with Gasteiger partial charge in [-0.15, -0.1) is 0 Å². The zero-order valence-corrected chi connectivity index (χ0v) is 13.5. The highest BCUT2D eigenvalue weighted by atomic mass is 19.1. The van der Waals surface area contributed by atoms with Crippen molar-refractivity contribution in [2.75, 3.05) is 13.1 Å². The van der Waals surface area contributed by atoms with Gasteiger partial charge in [0.2, 0.25) is 0 Å². The van der Waals surface area contributed by atoms with Gasteiger partial charge in [-0.2, -0.15) is 0 Å². The molecule has 1 unspecified atom stereocenters. The summed E-state index contributed by atoms with van der Waals surface area (Å²) in [6.45, 7) is 8.55. The summed E-state index contributed by atoms with van der Waals surface area (Å²) in [6.07, 6.45) is 4.46. The third kappa shape index (κ3) is 3.12. The van der Waals surface area contributed by atoms with Gasteiger partial charge in [-0.1, -0.05) is 19.9 Å². The molecule has 0 aromatic heterocycles. The molecule has 118 valence electrons. The summed E-state index contributed by atoms with van der Waals surface area (Å²) in [6, 6.07) is 5.17. The Labute approximate surface area is 127 Å². The van der Waals surface area contributed by atoms with Crippen LogP contribution in [0.5, 0.6) is 0 Å². The smallest absolute Gasteiger partial charge is 0.123 e. The van der Waals surface area contributed by atoms with E-state index in [0.717, 1.165) is 37.1 Å². The Balaban J connectivity index is 2.43. The molecular weight excluding hydrogens is 265 g/mol. The van der Waals surface area contributed by atoms with Gasteiger partial charge in [0.05, 0.1) is 6.04 Å². The predicted octanol–water partition coefficient (Wildman–Crippen LogP) is 3.29. The molecule has 1 aliphatic heterocycles. The van der Waals surface area contributed by atoms with Crippen LogP contribution in [0.2, 0.25) is 0 Å². The molecule has 0 radical (unpaired) electrons. The zero-order chi connectivity index (χ0) is 15.5. The van der Waals surface area contributed by atoms with E-state index in [0.29, 0.717) is 0 Å². The lowest BCUT2D eigenvalue weighted by Crippen LogP contribution is -2.56. The van der Waals surface area contributed by atoms with Crippen molar-refractivity contribution in [3.05, 3.63) is 35.1 Å². The van der Waals surface area contributed by atoms with Crippen molar-refractivity contribution in [2.45, 2.75) is 58.0 Å². The molecule has 1 aliphatic rings. The van der Waals surface area contributed by atoms with Gasteiger partial charge in [-0.25, -0.2) is 4.39 Å². The van der Waals surface area contributed by atoms with E-state index in [1.165, 1.54) is 12.8 Å². The quantitative estimate of drug-likeness (QED) is 0.624. The summed E-state index contributed by atoms with van der Waals surface area (Å²) in [5.74, 6) is 5.72. The summed E-state index contributed by atoms with van der Waals surface area (Å²) in [5, 5.41) is 0. The maximum absolute atomic E-state index is 13.8. The van der Waals surface area contributed by atoms with Crippen molar-refractivity contribution in [1.82, 2.24) is 10.3 Å². The number of nitrogens with two attached hydrogens (primary N) is 1. The van der Waals surface area contributed by atoms with Gasteiger partial charge in [-0.3, -0.25) is 16.2 Å². The fraction of sp³-hybridized carbons (Fsp3) is 0.647. The SMILES string of the molecule is CCC(CC)(C(NN)c1cc(C)cc(F)c1)N1CCCC1. The van der Waals surface area contributed by atoms with Gasteiger partial charge in [0, 0.05) is 5.54 Å². The number of halogens is 1. The number of hydrogen-bond donors (Lipinski definition) is 2. The lowest BCUT2D eigenvalue weighted by molar-refractivity contribution is 0.0615. The first-order chi connectivity index (χ1) is 10.1. The Bertz CT molecular complexity index is 445. The van der Waals surface area contributed by atoms with Crippen molar-refractivity contribution in [1.29, 1.82) is 0 Å². The minimum atomic E-state index is -0.187. The molecule has 1 aromatic rings. The van der Waals surface area contributed by atoms with E-state index < -0.39 is 0 Å². The number of rotatable bonds is 6. The van der Waals surface area contributed by atoms with Crippen LogP contribution in [0.25, 0.3) is 0 Å². The largest absolute Gasteiger partial charge is 0.296 e. The monoisotopic (exact) mass is 293 g/mol. The first-order valence-electron chi connectivity index (χ1n) is 8.05. The lowest BCUT2D eigenvalue weighted by atomic mass is 9.79. The highest BCUT2D eigenvalue weighted by Gasteiger charge is 2.42. The number of nitrogens with one attached hydrogen (secondary N) is 1. The highest BCUT2D eigenvalue weighted by molar-refractivity contribution is 5.29. The second-order valence-corrected chi connectivity index (χ2v) is 6.17. The van der Waals surface area contributed by atoms with E-state index >= 15 is 0 Å². The van der Waals surface area contributed by atoms with Crippen LogP contribution in [0, 0.1) is 12.7 Å². The molecule has 1 aromatic carbocycles. The van der Waals surface area contributed by atoms with Crippen molar-refractivity contribution in [3.63, 3.8) is 0 Å². The normalized spacial score (nSPS) is 18.1. The van der Waals surface area contributed by atoms with Gasteiger partial charge in [0.15, 0.2) is 0 Å². The van der Waals surface area contributed by atoms with Gasteiger partial charge >= 0.3 is 0 Å². The Morgan fingerprint density at radius 2 is 1.86 bits per heavy atom. The van der Waals surface area contributed by atoms with E-state index in [2.05, 4.69) is 24.2 Å². The van der Waals surface area contributed by atoms with E-state index in [1.807, 2.05) is 13.0 Å². The Morgan fingerprint density at radius 1 is 1.24 bits per heavy atom. The summed E-state index contributed by atoms with van der Waals surface area (Å²) in [4.78, 5) is 2.54. The molecule has 0 spiro atoms. The number of nitrogens with zero attached hydrogens (tertiary/aromatic N) is 1. The average molecular weight is 293 g/mol. The molecule has 3 nitrogen and oxygen atoms in total. The second kappa shape index (κ2) is 6.86. The van der Waals surface area contributed by atoms with Crippen LogP contribution >= 0.6 is 0 Å². The molecule has 3 N–H and O–H groups in total. The molecule has 0 bridgehead atoms. The fourth-order valence-electron chi connectivity index (χ4n) is 3.94. The van der Waals surface area contributed by atoms with Gasteiger partial charge in [0.1, 0.15) is 5.82 Å². The summed E-state index contributed by atoms with van der Waals surface area (Å²) in [7, 11) is 0. The van der Waals surface area contributed by atoms with Crippen LogP contribution in [-0.4, -0.2) is 23.5 Å². The number of hydrogen-bond acceptors (Lipinski definition) is 3. The van der Waals surface area contributed by atoms with E-state index in [1.54, 1.807) is 12.1 Å². The van der Waals surface area contributed by atoms with Crippen LogP contribution in [0.1, 0.15) is 56.7 Å². The Morgan fingerprint density at radius 3 is 2.33 bits per heavy atom. The van der Waals surface area contributed by atoms with Gasteiger partial charge < -0.3 is 0 Å². The number of aryl methyl sites for hydroxylation is 1. The minimum Gasteiger partial charge on any atom is -0.296 e. The van der Waals surface area contributed by atoms with E-state index in [9.17, 15) is 4.39 Å². The lowest BCUT2D eigenvalue weighted by Gasteiger charge is -2.46. The maximum atomic E-state index is 13.8. The maximum Gasteiger partial charge on any atom is 0.123 e. The molecular formula is C17H28FN3.